The van der Waals surface area contributed by atoms with Crippen LogP contribution in [0.5, 0.6) is 0 Å². The van der Waals surface area contributed by atoms with E-state index in [9.17, 15) is 13.2 Å². The molecule has 1 fully saturated rings. The highest BCUT2D eigenvalue weighted by atomic mass is 32.2. The first kappa shape index (κ1) is 14.0. The van der Waals surface area contributed by atoms with Crippen molar-refractivity contribution in [1.82, 2.24) is 4.90 Å². The van der Waals surface area contributed by atoms with Crippen molar-refractivity contribution in [3.8, 4) is 0 Å². The molecule has 2 rings (SSSR count). The zero-order valence-corrected chi connectivity index (χ0v) is 11.8. The van der Waals surface area contributed by atoms with Gasteiger partial charge in [-0.25, -0.2) is 8.42 Å². The van der Waals surface area contributed by atoms with Gasteiger partial charge in [-0.1, -0.05) is 0 Å². The molecule has 1 heterocycles. The van der Waals surface area contributed by atoms with Gasteiger partial charge in [0, 0.05) is 18.4 Å². The number of carbonyl (C=O) groups is 1. The van der Waals surface area contributed by atoms with Crippen LogP contribution < -0.4 is 0 Å². The number of morpholine rings is 1. The molecule has 1 unspecified atom stereocenters. The SMILES string of the molecule is CC1COCCN1C(=O)c1ccc(S(C)(=O)=O)cc1. The lowest BCUT2D eigenvalue weighted by atomic mass is 10.1. The summed E-state index contributed by atoms with van der Waals surface area (Å²) in [4.78, 5) is 14.3. The lowest BCUT2D eigenvalue weighted by molar-refractivity contribution is 0.00359. The van der Waals surface area contributed by atoms with Gasteiger partial charge < -0.3 is 9.64 Å². The number of carbonyl (C=O) groups excluding carboxylic acids is 1. The fourth-order valence-corrected chi connectivity index (χ4v) is 2.67. The summed E-state index contributed by atoms with van der Waals surface area (Å²) in [5.41, 5.74) is 0.501. The van der Waals surface area contributed by atoms with Crippen LogP contribution in [0.1, 0.15) is 17.3 Å². The van der Waals surface area contributed by atoms with Gasteiger partial charge >= 0.3 is 0 Å². The summed E-state index contributed by atoms with van der Waals surface area (Å²) in [5, 5.41) is 0. The second kappa shape index (κ2) is 5.30. The molecule has 1 aliphatic heterocycles. The molecule has 1 atom stereocenters. The molecule has 1 aliphatic rings. The molecule has 104 valence electrons. The summed E-state index contributed by atoms with van der Waals surface area (Å²) < 4.78 is 28.0. The maximum absolute atomic E-state index is 12.3. The Morgan fingerprint density at radius 3 is 2.47 bits per heavy atom. The molecule has 1 aromatic rings. The highest BCUT2D eigenvalue weighted by Gasteiger charge is 2.24. The Balaban J connectivity index is 2.20. The normalized spacial score (nSPS) is 20.3. The number of rotatable bonds is 2. The third-order valence-electron chi connectivity index (χ3n) is 3.16. The predicted octanol–water partition coefficient (Wildman–Crippen LogP) is 0.951. The molecule has 0 aliphatic carbocycles. The van der Waals surface area contributed by atoms with E-state index in [0.29, 0.717) is 25.3 Å². The van der Waals surface area contributed by atoms with E-state index < -0.39 is 9.84 Å². The van der Waals surface area contributed by atoms with Crippen LogP contribution in [-0.2, 0) is 14.6 Å². The zero-order valence-electron chi connectivity index (χ0n) is 11.0. The molecular weight excluding hydrogens is 266 g/mol. The van der Waals surface area contributed by atoms with Crippen molar-refractivity contribution in [2.24, 2.45) is 0 Å². The van der Waals surface area contributed by atoms with Crippen LogP contribution in [0.2, 0.25) is 0 Å². The van der Waals surface area contributed by atoms with Crippen LogP contribution in [0, 0.1) is 0 Å². The molecule has 1 saturated heterocycles. The van der Waals surface area contributed by atoms with Crippen LogP contribution in [-0.4, -0.2) is 51.3 Å². The van der Waals surface area contributed by atoms with Gasteiger partial charge in [-0.2, -0.15) is 0 Å². The first-order chi connectivity index (χ1) is 8.89. The van der Waals surface area contributed by atoms with Gasteiger partial charge in [-0.15, -0.1) is 0 Å². The average molecular weight is 283 g/mol. The number of ether oxygens (including phenoxy) is 1. The Labute approximate surface area is 113 Å². The molecule has 5 nitrogen and oxygen atoms in total. The van der Waals surface area contributed by atoms with E-state index in [1.54, 1.807) is 17.0 Å². The molecule has 6 heteroatoms. The standard InChI is InChI=1S/C13H17NO4S/c1-10-9-18-8-7-14(10)13(15)11-3-5-12(6-4-11)19(2,16)17/h3-6,10H,7-9H2,1-2H3. The molecule has 0 radical (unpaired) electrons. The quantitative estimate of drug-likeness (QED) is 0.810. The van der Waals surface area contributed by atoms with Crippen molar-refractivity contribution in [2.45, 2.75) is 17.9 Å². The van der Waals surface area contributed by atoms with Crippen molar-refractivity contribution in [3.63, 3.8) is 0 Å². The van der Waals surface area contributed by atoms with Crippen molar-refractivity contribution in [2.75, 3.05) is 26.0 Å². The van der Waals surface area contributed by atoms with E-state index in [0.717, 1.165) is 6.26 Å². The van der Waals surface area contributed by atoms with Crippen molar-refractivity contribution in [1.29, 1.82) is 0 Å². The predicted molar refractivity (Wildman–Crippen MR) is 70.9 cm³/mol. The molecule has 0 saturated carbocycles. The molecule has 1 aromatic carbocycles. The average Bonchev–Trinajstić information content (AvgIpc) is 2.38. The Hall–Kier alpha value is -1.40. The van der Waals surface area contributed by atoms with Crippen LogP contribution in [0.25, 0.3) is 0 Å². The monoisotopic (exact) mass is 283 g/mol. The van der Waals surface area contributed by atoms with E-state index in [2.05, 4.69) is 0 Å². The van der Waals surface area contributed by atoms with E-state index in [1.807, 2.05) is 6.92 Å². The number of nitrogens with zero attached hydrogens (tertiary/aromatic N) is 1. The van der Waals surface area contributed by atoms with Gasteiger partial charge in [-0.05, 0) is 31.2 Å². The van der Waals surface area contributed by atoms with Crippen LogP contribution in [0.15, 0.2) is 29.2 Å². The smallest absolute Gasteiger partial charge is 0.254 e. The van der Waals surface area contributed by atoms with Crippen LogP contribution in [0.3, 0.4) is 0 Å². The lowest BCUT2D eigenvalue weighted by Gasteiger charge is -2.33. The van der Waals surface area contributed by atoms with E-state index in [4.69, 9.17) is 4.74 Å². The number of hydrogen-bond acceptors (Lipinski definition) is 4. The summed E-state index contributed by atoms with van der Waals surface area (Å²) in [5.74, 6) is -0.0872. The summed E-state index contributed by atoms with van der Waals surface area (Å²) >= 11 is 0. The number of hydrogen-bond donors (Lipinski definition) is 0. The molecule has 0 spiro atoms. The van der Waals surface area contributed by atoms with Gasteiger partial charge in [0.2, 0.25) is 0 Å². The minimum absolute atomic E-state index is 0.0378. The first-order valence-corrected chi connectivity index (χ1v) is 7.97. The van der Waals surface area contributed by atoms with Crippen LogP contribution >= 0.6 is 0 Å². The summed E-state index contributed by atoms with van der Waals surface area (Å²) in [6, 6.07) is 6.08. The molecular formula is C13H17NO4S. The van der Waals surface area contributed by atoms with Crippen molar-refractivity contribution >= 4 is 15.7 Å². The van der Waals surface area contributed by atoms with Gasteiger partial charge in [-0.3, -0.25) is 4.79 Å². The van der Waals surface area contributed by atoms with Gasteiger partial charge in [0.15, 0.2) is 9.84 Å². The van der Waals surface area contributed by atoms with Gasteiger partial charge in [0.25, 0.3) is 5.91 Å². The number of sulfone groups is 1. The third kappa shape index (κ3) is 3.13. The van der Waals surface area contributed by atoms with Crippen LogP contribution in [0.4, 0.5) is 0 Å². The maximum Gasteiger partial charge on any atom is 0.254 e. The Bertz CT molecular complexity index is 565. The fraction of sp³-hybridized carbons (Fsp3) is 0.462. The summed E-state index contributed by atoms with van der Waals surface area (Å²) in [7, 11) is -3.23. The third-order valence-corrected chi connectivity index (χ3v) is 4.29. The lowest BCUT2D eigenvalue weighted by Crippen LogP contribution is -2.47. The van der Waals surface area contributed by atoms with E-state index in [1.165, 1.54) is 12.1 Å². The highest BCUT2D eigenvalue weighted by Crippen LogP contribution is 2.15. The maximum atomic E-state index is 12.3. The molecule has 0 bridgehead atoms. The number of amides is 1. The second-order valence-electron chi connectivity index (χ2n) is 4.72. The number of benzene rings is 1. The highest BCUT2D eigenvalue weighted by molar-refractivity contribution is 7.90. The molecule has 0 aromatic heterocycles. The Morgan fingerprint density at radius 1 is 1.32 bits per heavy atom. The summed E-state index contributed by atoms with van der Waals surface area (Å²) in [6.45, 7) is 3.57. The van der Waals surface area contributed by atoms with Gasteiger partial charge in [0.1, 0.15) is 0 Å². The Morgan fingerprint density at radius 2 is 1.95 bits per heavy atom. The van der Waals surface area contributed by atoms with Gasteiger partial charge in [0.05, 0.1) is 24.2 Å². The summed E-state index contributed by atoms with van der Waals surface area (Å²) in [6.07, 6.45) is 1.15. The minimum Gasteiger partial charge on any atom is -0.377 e. The molecule has 0 N–H and O–H groups in total. The molecule has 19 heavy (non-hydrogen) atoms. The van der Waals surface area contributed by atoms with E-state index in [-0.39, 0.29) is 16.8 Å². The van der Waals surface area contributed by atoms with Crippen molar-refractivity contribution < 1.29 is 17.9 Å². The zero-order chi connectivity index (χ0) is 14.0. The Kier molecular flexibility index (Phi) is 3.91. The topological polar surface area (TPSA) is 63.7 Å². The largest absolute Gasteiger partial charge is 0.377 e. The molecule has 1 amide bonds. The first-order valence-electron chi connectivity index (χ1n) is 6.08. The van der Waals surface area contributed by atoms with E-state index >= 15 is 0 Å². The second-order valence-corrected chi connectivity index (χ2v) is 6.73. The fourth-order valence-electron chi connectivity index (χ4n) is 2.04. The minimum atomic E-state index is -3.23. The van der Waals surface area contributed by atoms with Crippen molar-refractivity contribution in [3.05, 3.63) is 29.8 Å².